The van der Waals surface area contributed by atoms with Crippen molar-refractivity contribution in [2.75, 3.05) is 0 Å². The van der Waals surface area contributed by atoms with Crippen molar-refractivity contribution in [1.29, 1.82) is 0 Å². The van der Waals surface area contributed by atoms with Crippen LogP contribution in [0.5, 0.6) is 0 Å². The molecule has 1 aliphatic heterocycles. The van der Waals surface area contributed by atoms with Crippen LogP contribution in [-0.4, -0.2) is 28.3 Å². The summed E-state index contributed by atoms with van der Waals surface area (Å²) in [6.45, 7) is 8.05. The maximum atomic E-state index is 12.6. The number of rotatable bonds is 3. The average molecular weight is 280 g/mol. The lowest BCUT2D eigenvalue weighted by atomic mass is 9.92. The van der Waals surface area contributed by atoms with E-state index in [4.69, 9.17) is 0 Å². The van der Waals surface area contributed by atoms with E-state index in [1.54, 1.807) is 30.1 Å². The number of thiophene rings is 1. The molecule has 1 aromatic rings. The molecule has 0 radical (unpaired) electrons. The summed E-state index contributed by atoms with van der Waals surface area (Å²) in [5.41, 5.74) is 0.406. The van der Waals surface area contributed by atoms with E-state index in [9.17, 15) is 9.59 Å². The monoisotopic (exact) mass is 280 g/mol. The van der Waals surface area contributed by atoms with E-state index in [-0.39, 0.29) is 11.8 Å². The number of piperazine rings is 1. The fourth-order valence-corrected chi connectivity index (χ4v) is 3.14. The molecule has 2 rings (SSSR count). The molecule has 0 aromatic carbocycles. The Labute approximate surface area is 117 Å². The van der Waals surface area contributed by atoms with E-state index in [2.05, 4.69) is 5.32 Å². The molecule has 0 aliphatic carbocycles. The van der Waals surface area contributed by atoms with Gasteiger partial charge in [0.2, 0.25) is 11.8 Å². The van der Waals surface area contributed by atoms with Crippen LogP contribution < -0.4 is 5.32 Å². The zero-order valence-corrected chi connectivity index (χ0v) is 12.6. The standard InChI is InChI=1S/C14H20N2O2S/c1-5-14(4)13(18)16(10(3)12(17)15-14)8-11-9(2)6-7-19-11/h6-7,10H,5,8H2,1-4H3,(H,15,17). The Bertz CT molecular complexity index is 511. The molecule has 0 saturated carbocycles. The van der Waals surface area contributed by atoms with Crippen LogP contribution in [0.3, 0.4) is 0 Å². The lowest BCUT2D eigenvalue weighted by molar-refractivity contribution is -0.154. The van der Waals surface area contributed by atoms with Crippen LogP contribution >= 0.6 is 11.3 Å². The number of carbonyl (C=O) groups is 2. The Balaban J connectivity index is 2.28. The van der Waals surface area contributed by atoms with Crippen LogP contribution in [0.4, 0.5) is 0 Å². The first-order valence-electron chi connectivity index (χ1n) is 6.55. The van der Waals surface area contributed by atoms with E-state index >= 15 is 0 Å². The summed E-state index contributed by atoms with van der Waals surface area (Å²) >= 11 is 1.63. The molecule has 1 aliphatic rings. The summed E-state index contributed by atoms with van der Waals surface area (Å²) in [5, 5.41) is 4.86. The quantitative estimate of drug-likeness (QED) is 0.921. The van der Waals surface area contributed by atoms with Crippen molar-refractivity contribution < 1.29 is 9.59 Å². The Kier molecular flexibility index (Phi) is 3.67. The Morgan fingerprint density at radius 3 is 2.68 bits per heavy atom. The van der Waals surface area contributed by atoms with Gasteiger partial charge in [-0.05, 0) is 44.2 Å². The summed E-state index contributed by atoms with van der Waals surface area (Å²) in [6.07, 6.45) is 0.601. The van der Waals surface area contributed by atoms with Gasteiger partial charge in [0.1, 0.15) is 11.6 Å². The SMILES string of the molecule is CCC1(C)NC(=O)C(C)N(Cc2sccc2C)C1=O. The number of hydrogen-bond acceptors (Lipinski definition) is 3. The average Bonchev–Trinajstić information content (AvgIpc) is 2.78. The zero-order chi connectivity index (χ0) is 14.2. The molecule has 2 amide bonds. The zero-order valence-electron chi connectivity index (χ0n) is 11.8. The minimum absolute atomic E-state index is 0.00917. The predicted octanol–water partition coefficient (Wildman–Crippen LogP) is 2.07. The lowest BCUT2D eigenvalue weighted by Crippen LogP contribution is -2.67. The van der Waals surface area contributed by atoms with Gasteiger partial charge in [0.05, 0.1) is 6.54 Å². The first-order chi connectivity index (χ1) is 8.89. The fraction of sp³-hybridized carbons (Fsp3) is 0.571. The second kappa shape index (κ2) is 4.96. The minimum atomic E-state index is -0.769. The van der Waals surface area contributed by atoms with Gasteiger partial charge in [-0.25, -0.2) is 0 Å². The van der Waals surface area contributed by atoms with Crippen LogP contribution in [0.1, 0.15) is 37.6 Å². The van der Waals surface area contributed by atoms with Crippen molar-refractivity contribution in [3.05, 3.63) is 21.9 Å². The van der Waals surface area contributed by atoms with Crippen molar-refractivity contribution in [3.63, 3.8) is 0 Å². The third kappa shape index (κ3) is 2.39. The van der Waals surface area contributed by atoms with Crippen LogP contribution in [0.2, 0.25) is 0 Å². The third-order valence-corrected chi connectivity index (χ3v) is 4.98. The highest BCUT2D eigenvalue weighted by atomic mass is 32.1. The topological polar surface area (TPSA) is 49.4 Å². The van der Waals surface area contributed by atoms with Gasteiger partial charge in [-0.3, -0.25) is 9.59 Å². The number of carbonyl (C=O) groups excluding carboxylic acids is 2. The van der Waals surface area contributed by atoms with Gasteiger partial charge >= 0.3 is 0 Å². The number of hydrogen-bond donors (Lipinski definition) is 1. The highest BCUT2D eigenvalue weighted by Gasteiger charge is 2.45. The predicted molar refractivity (Wildman–Crippen MR) is 75.9 cm³/mol. The van der Waals surface area contributed by atoms with Gasteiger partial charge < -0.3 is 10.2 Å². The molecule has 2 atom stereocenters. The summed E-state index contributed by atoms with van der Waals surface area (Å²) in [6, 6.07) is 1.63. The second-order valence-electron chi connectivity index (χ2n) is 5.31. The molecule has 2 heterocycles. The van der Waals surface area contributed by atoms with Crippen molar-refractivity contribution >= 4 is 23.2 Å². The number of amides is 2. The molecule has 1 N–H and O–H groups in total. The third-order valence-electron chi connectivity index (χ3n) is 3.97. The van der Waals surface area contributed by atoms with Crippen LogP contribution in [-0.2, 0) is 16.1 Å². The molecule has 0 spiro atoms. The maximum Gasteiger partial charge on any atom is 0.249 e. The van der Waals surface area contributed by atoms with Crippen LogP contribution in [0.25, 0.3) is 0 Å². The molecule has 4 nitrogen and oxygen atoms in total. The molecule has 19 heavy (non-hydrogen) atoms. The smallest absolute Gasteiger partial charge is 0.249 e. The fourth-order valence-electron chi connectivity index (χ4n) is 2.23. The van der Waals surface area contributed by atoms with Crippen molar-refractivity contribution in [2.45, 2.75) is 52.2 Å². The van der Waals surface area contributed by atoms with E-state index in [1.165, 1.54) is 5.56 Å². The summed E-state index contributed by atoms with van der Waals surface area (Å²) < 4.78 is 0. The molecule has 5 heteroatoms. The number of nitrogens with one attached hydrogen (secondary N) is 1. The molecular weight excluding hydrogens is 260 g/mol. The van der Waals surface area contributed by atoms with Gasteiger partial charge in [0.25, 0.3) is 0 Å². The summed E-state index contributed by atoms with van der Waals surface area (Å²) in [7, 11) is 0. The Morgan fingerprint density at radius 1 is 1.47 bits per heavy atom. The van der Waals surface area contributed by atoms with Gasteiger partial charge in [0, 0.05) is 4.88 Å². The van der Waals surface area contributed by atoms with Crippen LogP contribution in [0.15, 0.2) is 11.4 Å². The number of aryl methyl sites for hydroxylation is 1. The van der Waals surface area contributed by atoms with Crippen molar-refractivity contribution in [2.24, 2.45) is 0 Å². The molecule has 104 valence electrons. The first-order valence-corrected chi connectivity index (χ1v) is 7.43. The lowest BCUT2D eigenvalue weighted by Gasteiger charge is -2.43. The van der Waals surface area contributed by atoms with Gasteiger partial charge in [-0.2, -0.15) is 0 Å². The van der Waals surface area contributed by atoms with E-state index in [0.29, 0.717) is 13.0 Å². The van der Waals surface area contributed by atoms with Crippen molar-refractivity contribution in [3.8, 4) is 0 Å². The highest BCUT2D eigenvalue weighted by molar-refractivity contribution is 7.10. The van der Waals surface area contributed by atoms with Crippen molar-refractivity contribution in [1.82, 2.24) is 10.2 Å². The first kappa shape index (κ1) is 14.1. The van der Waals surface area contributed by atoms with E-state index in [1.807, 2.05) is 25.3 Å². The molecule has 1 fully saturated rings. The normalized spacial score (nSPS) is 27.6. The van der Waals surface area contributed by atoms with Gasteiger partial charge in [-0.1, -0.05) is 6.92 Å². The molecule has 2 unspecified atom stereocenters. The summed E-state index contributed by atoms with van der Waals surface area (Å²) in [5.74, 6) is -0.0620. The van der Waals surface area contributed by atoms with E-state index < -0.39 is 11.6 Å². The Hall–Kier alpha value is -1.36. The number of nitrogens with zero attached hydrogens (tertiary/aromatic N) is 1. The highest BCUT2D eigenvalue weighted by Crippen LogP contribution is 2.26. The molecule has 1 saturated heterocycles. The second-order valence-corrected chi connectivity index (χ2v) is 6.31. The molecule has 0 bridgehead atoms. The van der Waals surface area contributed by atoms with Gasteiger partial charge in [0.15, 0.2) is 0 Å². The van der Waals surface area contributed by atoms with Crippen LogP contribution in [0, 0.1) is 6.92 Å². The van der Waals surface area contributed by atoms with Gasteiger partial charge in [-0.15, -0.1) is 11.3 Å². The maximum absolute atomic E-state index is 12.6. The Morgan fingerprint density at radius 2 is 2.16 bits per heavy atom. The summed E-state index contributed by atoms with van der Waals surface area (Å²) in [4.78, 5) is 27.5. The largest absolute Gasteiger partial charge is 0.340 e. The molecule has 1 aromatic heterocycles. The minimum Gasteiger partial charge on any atom is -0.340 e. The van der Waals surface area contributed by atoms with E-state index in [0.717, 1.165) is 4.88 Å². The molecular formula is C14H20N2O2S.